The Kier molecular flexibility index (Phi) is 6.92. The van der Waals surface area contributed by atoms with Crippen molar-refractivity contribution in [2.75, 3.05) is 27.3 Å². The average molecular weight is 365 g/mol. The molecule has 0 aliphatic rings. The van der Waals surface area contributed by atoms with E-state index in [0.717, 1.165) is 5.01 Å². The van der Waals surface area contributed by atoms with Crippen LogP contribution in [0.1, 0.15) is 5.56 Å². The van der Waals surface area contributed by atoms with E-state index in [-0.39, 0.29) is 21.5 Å². The largest absolute Gasteiger partial charge is 0.494 e. The molecule has 0 spiro atoms. The molecule has 0 saturated carbocycles. The number of benzene rings is 1. The number of ether oxygens (including phenoxy) is 2. The summed E-state index contributed by atoms with van der Waals surface area (Å²) in [5.74, 6) is -2.01. The topological polar surface area (TPSA) is 109 Å². The van der Waals surface area contributed by atoms with E-state index in [1.807, 2.05) is 0 Å². The van der Waals surface area contributed by atoms with Gasteiger partial charge in [0.1, 0.15) is 23.9 Å². The van der Waals surface area contributed by atoms with E-state index in [2.05, 4.69) is 5.10 Å². The number of carboxylic acids is 2. The van der Waals surface area contributed by atoms with Crippen molar-refractivity contribution < 1.29 is 29.3 Å². The Morgan fingerprint density at radius 3 is 2.13 bits per heavy atom. The zero-order valence-corrected chi connectivity index (χ0v) is 13.8. The van der Waals surface area contributed by atoms with E-state index in [9.17, 15) is 9.59 Å². The lowest BCUT2D eigenvalue weighted by Gasteiger charge is -2.15. The van der Waals surface area contributed by atoms with Gasteiger partial charge in [-0.25, -0.2) is 0 Å². The number of hydrogen-bond donors (Lipinski definition) is 2. The fourth-order valence-electron chi connectivity index (χ4n) is 1.69. The maximum atomic E-state index is 10.7. The van der Waals surface area contributed by atoms with Gasteiger partial charge in [-0.15, -0.1) is 0 Å². The van der Waals surface area contributed by atoms with Gasteiger partial charge in [0.15, 0.2) is 5.75 Å². The van der Waals surface area contributed by atoms with E-state index >= 15 is 0 Å². The van der Waals surface area contributed by atoms with Crippen LogP contribution >= 0.6 is 23.2 Å². The number of methoxy groups -OCH3 is 2. The molecule has 10 heteroatoms. The minimum Gasteiger partial charge on any atom is -0.494 e. The third-order valence-corrected chi connectivity index (χ3v) is 3.19. The minimum absolute atomic E-state index is 0.118. The zero-order valence-electron chi connectivity index (χ0n) is 12.2. The lowest BCUT2D eigenvalue weighted by molar-refractivity contribution is -0.141. The summed E-state index contributed by atoms with van der Waals surface area (Å²) in [5.41, 5.74) is 0.337. The first-order chi connectivity index (χ1) is 10.8. The number of aliphatic carboxylic acids is 2. The first-order valence-corrected chi connectivity index (χ1v) is 6.88. The van der Waals surface area contributed by atoms with Crippen LogP contribution in [-0.2, 0) is 9.59 Å². The Morgan fingerprint density at radius 1 is 1.17 bits per heavy atom. The first-order valence-electron chi connectivity index (χ1n) is 6.12. The quantitative estimate of drug-likeness (QED) is 0.534. The summed E-state index contributed by atoms with van der Waals surface area (Å²) < 4.78 is 10.2. The lowest BCUT2D eigenvalue weighted by Crippen LogP contribution is -2.30. The molecule has 0 bridgehead atoms. The molecule has 0 atom stereocenters. The molecule has 0 unspecified atom stereocenters. The number of hydrazone groups is 1. The molecular weight excluding hydrogens is 351 g/mol. The lowest BCUT2D eigenvalue weighted by atomic mass is 10.2. The van der Waals surface area contributed by atoms with Crippen molar-refractivity contribution in [3.05, 3.63) is 21.7 Å². The summed E-state index contributed by atoms with van der Waals surface area (Å²) in [7, 11) is 2.76. The molecule has 23 heavy (non-hydrogen) atoms. The van der Waals surface area contributed by atoms with Gasteiger partial charge in [0, 0.05) is 5.56 Å². The van der Waals surface area contributed by atoms with Crippen LogP contribution in [0.4, 0.5) is 0 Å². The molecule has 0 aliphatic heterocycles. The fourth-order valence-corrected chi connectivity index (χ4v) is 2.39. The molecule has 0 heterocycles. The Labute approximate surface area is 141 Å². The molecule has 0 radical (unpaired) electrons. The average Bonchev–Trinajstić information content (AvgIpc) is 2.43. The molecule has 0 fully saturated rings. The molecule has 0 amide bonds. The number of halogens is 2. The Morgan fingerprint density at radius 2 is 1.70 bits per heavy atom. The minimum atomic E-state index is -1.22. The van der Waals surface area contributed by atoms with Gasteiger partial charge >= 0.3 is 11.9 Å². The van der Waals surface area contributed by atoms with Crippen LogP contribution in [0.25, 0.3) is 0 Å². The second kappa shape index (κ2) is 8.44. The number of nitrogens with zero attached hydrogens (tertiary/aromatic N) is 2. The summed E-state index contributed by atoms with van der Waals surface area (Å²) in [4.78, 5) is 21.5. The summed E-state index contributed by atoms with van der Waals surface area (Å²) in [6.45, 7) is -1.16. The van der Waals surface area contributed by atoms with Crippen LogP contribution in [0.5, 0.6) is 11.5 Å². The van der Waals surface area contributed by atoms with E-state index in [1.165, 1.54) is 26.5 Å². The first kappa shape index (κ1) is 18.9. The highest BCUT2D eigenvalue weighted by Gasteiger charge is 2.17. The van der Waals surface area contributed by atoms with E-state index < -0.39 is 25.0 Å². The van der Waals surface area contributed by atoms with Crippen molar-refractivity contribution in [3.63, 3.8) is 0 Å². The Hall–Kier alpha value is -2.19. The second-order valence-corrected chi connectivity index (χ2v) is 4.97. The molecule has 1 aromatic rings. The summed E-state index contributed by atoms with van der Waals surface area (Å²) in [5, 5.41) is 22.5. The van der Waals surface area contributed by atoms with Crippen molar-refractivity contribution >= 4 is 41.4 Å². The van der Waals surface area contributed by atoms with Crippen molar-refractivity contribution in [1.29, 1.82) is 0 Å². The van der Waals surface area contributed by atoms with Crippen LogP contribution in [0.15, 0.2) is 11.2 Å². The maximum absolute atomic E-state index is 10.7. The predicted molar refractivity (Wildman–Crippen MR) is 84.0 cm³/mol. The van der Waals surface area contributed by atoms with Crippen LogP contribution in [0.3, 0.4) is 0 Å². The van der Waals surface area contributed by atoms with Gasteiger partial charge in [-0.1, -0.05) is 23.2 Å². The van der Waals surface area contributed by atoms with Gasteiger partial charge in [0.05, 0.1) is 25.5 Å². The third kappa shape index (κ3) is 5.19. The van der Waals surface area contributed by atoms with E-state index in [4.69, 9.17) is 42.9 Å². The number of hydrogen-bond acceptors (Lipinski definition) is 6. The van der Waals surface area contributed by atoms with Crippen molar-refractivity contribution in [2.45, 2.75) is 0 Å². The summed E-state index contributed by atoms with van der Waals surface area (Å²) >= 11 is 12.1. The standard InChI is InChI=1S/C13H14Cl2N2O6/c1-22-12-7(3-8(14)13(23-2)11(12)15)4-16-17(5-9(18)19)6-10(20)21/h3-4H,5-6H2,1-2H3,(H,18,19)(H,20,21)/b16-4-. The number of rotatable bonds is 8. The Bertz CT molecular complexity index is 619. The molecule has 1 rings (SSSR count). The third-order valence-electron chi connectivity index (χ3n) is 2.56. The normalized spacial score (nSPS) is 10.6. The highest BCUT2D eigenvalue weighted by atomic mass is 35.5. The Balaban J connectivity index is 3.18. The summed E-state index contributed by atoms with van der Waals surface area (Å²) in [6, 6.07) is 1.45. The van der Waals surface area contributed by atoms with E-state index in [1.54, 1.807) is 0 Å². The number of carboxylic acid groups (broad SMARTS) is 2. The van der Waals surface area contributed by atoms with Crippen LogP contribution in [-0.4, -0.2) is 60.7 Å². The van der Waals surface area contributed by atoms with Crippen LogP contribution < -0.4 is 9.47 Å². The van der Waals surface area contributed by atoms with Gasteiger partial charge in [-0.3, -0.25) is 14.6 Å². The maximum Gasteiger partial charge on any atom is 0.324 e. The van der Waals surface area contributed by atoms with Gasteiger partial charge in [-0.05, 0) is 6.07 Å². The molecule has 0 saturated heterocycles. The predicted octanol–water partition coefficient (Wildman–Crippen LogP) is 1.82. The van der Waals surface area contributed by atoms with Crippen LogP contribution in [0, 0.1) is 0 Å². The molecule has 0 aliphatic carbocycles. The van der Waals surface area contributed by atoms with Crippen molar-refractivity contribution in [1.82, 2.24) is 5.01 Å². The van der Waals surface area contributed by atoms with Crippen molar-refractivity contribution in [3.8, 4) is 11.5 Å². The highest BCUT2D eigenvalue weighted by molar-refractivity contribution is 6.38. The molecule has 126 valence electrons. The molecular formula is C13H14Cl2N2O6. The van der Waals surface area contributed by atoms with E-state index in [0.29, 0.717) is 5.56 Å². The van der Waals surface area contributed by atoms with Gasteiger partial charge < -0.3 is 19.7 Å². The second-order valence-electron chi connectivity index (χ2n) is 4.18. The smallest absolute Gasteiger partial charge is 0.324 e. The summed E-state index contributed by atoms with van der Waals surface area (Å²) in [6.07, 6.45) is 1.21. The SMILES string of the molecule is COc1c(Cl)cc(/C=N\N(CC(=O)O)CC(=O)O)c(OC)c1Cl. The van der Waals surface area contributed by atoms with Gasteiger partial charge in [0.25, 0.3) is 0 Å². The molecule has 1 aromatic carbocycles. The van der Waals surface area contributed by atoms with Crippen LogP contribution in [0.2, 0.25) is 10.0 Å². The molecule has 0 aromatic heterocycles. The number of carbonyl (C=O) groups is 2. The fraction of sp³-hybridized carbons (Fsp3) is 0.308. The zero-order chi connectivity index (χ0) is 17.6. The highest BCUT2D eigenvalue weighted by Crippen LogP contribution is 2.41. The molecule has 8 nitrogen and oxygen atoms in total. The monoisotopic (exact) mass is 364 g/mol. The van der Waals surface area contributed by atoms with Gasteiger partial charge in [0.2, 0.25) is 0 Å². The molecule has 2 N–H and O–H groups in total. The van der Waals surface area contributed by atoms with Crippen molar-refractivity contribution in [2.24, 2.45) is 5.10 Å². The van der Waals surface area contributed by atoms with Gasteiger partial charge in [-0.2, -0.15) is 5.10 Å².